The van der Waals surface area contributed by atoms with Gasteiger partial charge >= 0.3 is 6.18 Å². The van der Waals surface area contributed by atoms with Crippen molar-refractivity contribution in [2.24, 2.45) is 0 Å². The Morgan fingerprint density at radius 3 is 2.62 bits per heavy atom. The van der Waals surface area contributed by atoms with Crippen LogP contribution in [0.1, 0.15) is 5.56 Å². The molecule has 1 radical (unpaired) electrons. The molecule has 1 aromatic heterocycles. The molecule has 0 aliphatic carbocycles. The summed E-state index contributed by atoms with van der Waals surface area (Å²) in [4.78, 5) is 3.81. The number of benzene rings is 1. The van der Waals surface area contributed by atoms with Crippen molar-refractivity contribution in [3.05, 3.63) is 54.4 Å². The zero-order valence-electron chi connectivity index (χ0n) is 8.12. The minimum absolute atomic E-state index is 0.124. The summed E-state index contributed by atoms with van der Waals surface area (Å²) in [6.07, 6.45) is -1.45. The highest BCUT2D eigenvalue weighted by molar-refractivity contribution is 5.66. The van der Waals surface area contributed by atoms with Gasteiger partial charge in [0.1, 0.15) is 0 Å². The molecule has 0 aliphatic rings. The van der Waals surface area contributed by atoms with Crippen LogP contribution in [0.5, 0.6) is 0 Å². The van der Waals surface area contributed by atoms with Crippen LogP contribution in [0.3, 0.4) is 0 Å². The summed E-state index contributed by atoms with van der Waals surface area (Å²) in [5, 5.41) is 0. The third-order valence-electron chi connectivity index (χ3n) is 2.14. The molecule has 1 heterocycles. The number of hydrogen-bond acceptors (Lipinski definition) is 1. The number of pyridine rings is 1. The predicted molar refractivity (Wildman–Crippen MR) is 53.5 cm³/mol. The Bertz CT molecular complexity index is 477. The molecule has 0 saturated heterocycles. The summed E-state index contributed by atoms with van der Waals surface area (Å²) in [7, 11) is 0. The molecule has 1 nitrogen and oxygen atoms in total. The van der Waals surface area contributed by atoms with Gasteiger partial charge in [0.25, 0.3) is 0 Å². The Kier molecular flexibility index (Phi) is 2.64. The van der Waals surface area contributed by atoms with Crippen LogP contribution < -0.4 is 0 Å². The fourth-order valence-electron chi connectivity index (χ4n) is 1.44. The van der Waals surface area contributed by atoms with Gasteiger partial charge in [-0.2, -0.15) is 13.2 Å². The van der Waals surface area contributed by atoms with Gasteiger partial charge in [0.15, 0.2) is 0 Å². The van der Waals surface area contributed by atoms with E-state index < -0.39 is 11.7 Å². The molecule has 0 atom stereocenters. The van der Waals surface area contributed by atoms with Crippen LogP contribution in [0.2, 0.25) is 0 Å². The van der Waals surface area contributed by atoms with Gasteiger partial charge in [0.2, 0.25) is 0 Å². The van der Waals surface area contributed by atoms with E-state index in [1.54, 1.807) is 12.1 Å². The fourth-order valence-corrected chi connectivity index (χ4v) is 1.44. The monoisotopic (exact) mass is 222 g/mol. The summed E-state index contributed by atoms with van der Waals surface area (Å²) in [5.41, 5.74) is -0.119. The number of alkyl halides is 3. The van der Waals surface area contributed by atoms with Gasteiger partial charge in [-0.25, -0.2) is 0 Å². The minimum Gasteiger partial charge on any atom is -0.264 e. The van der Waals surface area contributed by atoms with Crippen molar-refractivity contribution in [3.63, 3.8) is 0 Å². The molecule has 0 bridgehead atoms. The van der Waals surface area contributed by atoms with E-state index in [0.717, 1.165) is 6.07 Å². The molecular weight excluding hydrogens is 215 g/mol. The van der Waals surface area contributed by atoms with Gasteiger partial charge < -0.3 is 0 Å². The van der Waals surface area contributed by atoms with Crippen LogP contribution >= 0.6 is 0 Å². The highest BCUT2D eigenvalue weighted by Gasteiger charge is 2.33. The molecule has 2 aromatic rings. The molecule has 2 rings (SSSR count). The smallest absolute Gasteiger partial charge is 0.264 e. The second-order valence-electron chi connectivity index (χ2n) is 3.21. The molecule has 1 aromatic carbocycles. The van der Waals surface area contributed by atoms with E-state index in [9.17, 15) is 13.2 Å². The topological polar surface area (TPSA) is 12.9 Å². The van der Waals surface area contributed by atoms with E-state index >= 15 is 0 Å². The molecule has 0 unspecified atom stereocenters. The SMILES string of the molecule is FC(F)(F)c1c[c]ccc1-c1cccnc1. The number of rotatable bonds is 1. The first kappa shape index (κ1) is 10.7. The highest BCUT2D eigenvalue weighted by Crippen LogP contribution is 2.36. The number of halogens is 3. The summed E-state index contributed by atoms with van der Waals surface area (Å²) < 4.78 is 38.1. The Hall–Kier alpha value is -1.84. The standard InChI is InChI=1S/C12H7F3N/c13-12(14,15)11-6-2-1-5-10(11)9-4-3-7-16-8-9/h1,3-8H. The van der Waals surface area contributed by atoms with Gasteiger partial charge in [-0.3, -0.25) is 4.98 Å². The van der Waals surface area contributed by atoms with Crippen LogP contribution in [0.25, 0.3) is 11.1 Å². The van der Waals surface area contributed by atoms with Gasteiger partial charge in [-0.05, 0) is 23.8 Å². The van der Waals surface area contributed by atoms with Gasteiger partial charge in [-0.15, -0.1) is 0 Å². The first-order valence-electron chi connectivity index (χ1n) is 4.57. The molecule has 81 valence electrons. The maximum Gasteiger partial charge on any atom is 0.417 e. The molecule has 4 heteroatoms. The second kappa shape index (κ2) is 3.96. The number of nitrogens with zero attached hydrogens (tertiary/aromatic N) is 1. The van der Waals surface area contributed by atoms with Crippen LogP contribution in [-0.2, 0) is 6.18 Å². The molecule has 0 aliphatic heterocycles. The Balaban J connectivity index is 2.58. The zero-order valence-corrected chi connectivity index (χ0v) is 8.12. The molecular formula is C12H7F3N. The zero-order chi connectivity index (χ0) is 11.6. The second-order valence-corrected chi connectivity index (χ2v) is 3.21. The quantitative estimate of drug-likeness (QED) is 0.718. The lowest BCUT2D eigenvalue weighted by atomic mass is 10.0. The van der Waals surface area contributed by atoms with E-state index in [1.165, 1.54) is 24.5 Å². The molecule has 0 amide bonds. The largest absolute Gasteiger partial charge is 0.417 e. The average Bonchev–Trinajstić information content (AvgIpc) is 2.29. The van der Waals surface area contributed by atoms with Crippen molar-refractivity contribution >= 4 is 0 Å². The third-order valence-corrected chi connectivity index (χ3v) is 2.14. The highest BCUT2D eigenvalue weighted by atomic mass is 19.4. The van der Waals surface area contributed by atoms with E-state index in [0.29, 0.717) is 5.56 Å². The summed E-state index contributed by atoms with van der Waals surface area (Å²) in [5.74, 6) is 0. The fraction of sp³-hybridized carbons (Fsp3) is 0.0833. The van der Waals surface area contributed by atoms with Gasteiger partial charge in [0.05, 0.1) is 5.56 Å². The average molecular weight is 222 g/mol. The lowest BCUT2D eigenvalue weighted by Crippen LogP contribution is -2.06. The van der Waals surface area contributed by atoms with Crippen molar-refractivity contribution in [2.75, 3.05) is 0 Å². The Morgan fingerprint density at radius 1 is 1.19 bits per heavy atom. The Morgan fingerprint density at radius 2 is 2.00 bits per heavy atom. The van der Waals surface area contributed by atoms with Crippen LogP contribution in [0.4, 0.5) is 13.2 Å². The molecule has 0 spiro atoms. The number of hydrogen-bond donors (Lipinski definition) is 0. The molecule has 0 saturated carbocycles. The summed E-state index contributed by atoms with van der Waals surface area (Å²) in [6.45, 7) is 0. The van der Waals surface area contributed by atoms with E-state index in [2.05, 4.69) is 11.1 Å². The summed E-state index contributed by atoms with van der Waals surface area (Å²) in [6, 6.07) is 9.43. The van der Waals surface area contributed by atoms with Gasteiger partial charge in [0, 0.05) is 18.0 Å². The van der Waals surface area contributed by atoms with Crippen LogP contribution in [-0.4, -0.2) is 4.98 Å². The summed E-state index contributed by atoms with van der Waals surface area (Å²) >= 11 is 0. The van der Waals surface area contributed by atoms with E-state index in [-0.39, 0.29) is 5.56 Å². The van der Waals surface area contributed by atoms with Crippen LogP contribution in [0.15, 0.2) is 42.7 Å². The number of aromatic nitrogens is 1. The van der Waals surface area contributed by atoms with Crippen molar-refractivity contribution < 1.29 is 13.2 Å². The maximum atomic E-state index is 12.7. The lowest BCUT2D eigenvalue weighted by molar-refractivity contribution is -0.137. The molecule has 0 fully saturated rings. The lowest BCUT2D eigenvalue weighted by Gasteiger charge is -2.11. The predicted octanol–water partition coefficient (Wildman–Crippen LogP) is 3.57. The van der Waals surface area contributed by atoms with Crippen molar-refractivity contribution in [1.82, 2.24) is 4.98 Å². The maximum absolute atomic E-state index is 12.7. The van der Waals surface area contributed by atoms with E-state index in [4.69, 9.17) is 0 Å². The van der Waals surface area contributed by atoms with Crippen molar-refractivity contribution in [3.8, 4) is 11.1 Å². The van der Waals surface area contributed by atoms with Crippen molar-refractivity contribution in [2.45, 2.75) is 6.18 Å². The van der Waals surface area contributed by atoms with E-state index in [1.807, 2.05) is 0 Å². The first-order valence-corrected chi connectivity index (χ1v) is 4.57. The van der Waals surface area contributed by atoms with Crippen LogP contribution in [0, 0.1) is 6.07 Å². The minimum atomic E-state index is -4.37. The molecule has 16 heavy (non-hydrogen) atoms. The normalized spacial score (nSPS) is 11.4. The molecule has 0 N–H and O–H groups in total. The van der Waals surface area contributed by atoms with Gasteiger partial charge in [-0.1, -0.05) is 18.2 Å². The third kappa shape index (κ3) is 2.05. The van der Waals surface area contributed by atoms with Crippen molar-refractivity contribution in [1.29, 1.82) is 0 Å². The Labute approximate surface area is 90.6 Å². The first-order chi connectivity index (χ1) is 7.59.